The molecule has 8 nitrogen and oxygen atoms in total. The Morgan fingerprint density at radius 3 is 3.00 bits per heavy atom. The Hall–Kier alpha value is -2.64. The highest BCUT2D eigenvalue weighted by molar-refractivity contribution is 5.94. The van der Waals surface area contributed by atoms with Crippen molar-refractivity contribution in [2.75, 3.05) is 7.11 Å². The van der Waals surface area contributed by atoms with E-state index in [1.165, 1.54) is 19.2 Å². The molecule has 0 unspecified atom stereocenters. The zero-order valence-corrected chi connectivity index (χ0v) is 9.54. The summed E-state index contributed by atoms with van der Waals surface area (Å²) < 4.78 is 4.88. The van der Waals surface area contributed by atoms with E-state index in [9.17, 15) is 9.90 Å². The van der Waals surface area contributed by atoms with Gasteiger partial charge in [0.25, 0.3) is 5.91 Å². The number of ether oxygens (including phenoxy) is 1. The highest BCUT2D eigenvalue weighted by atomic mass is 16.5. The quantitative estimate of drug-likeness (QED) is 0.694. The number of methoxy groups -OCH3 is 1. The number of H-pyrrole nitrogens is 1. The molecule has 1 heterocycles. The van der Waals surface area contributed by atoms with Crippen LogP contribution >= 0.6 is 0 Å². The number of phenols is 1. The van der Waals surface area contributed by atoms with Gasteiger partial charge in [-0.05, 0) is 18.2 Å². The number of phenolic OH excluding ortho intramolecular Hbond substituents is 1. The van der Waals surface area contributed by atoms with Crippen molar-refractivity contribution < 1.29 is 14.6 Å². The number of carbonyl (C=O) groups excluding carboxylic acids is 1. The Labute approximate surface area is 102 Å². The molecule has 0 aliphatic carbocycles. The molecule has 1 amide bonds. The average molecular weight is 249 g/mol. The number of nitrogens with one attached hydrogen (secondary N) is 2. The summed E-state index contributed by atoms with van der Waals surface area (Å²) in [6.45, 7) is 0.155. The number of tetrazole rings is 1. The minimum absolute atomic E-state index is 0.0929. The maximum Gasteiger partial charge on any atom is 0.251 e. The van der Waals surface area contributed by atoms with E-state index in [1.807, 2.05) is 0 Å². The zero-order chi connectivity index (χ0) is 13.0. The van der Waals surface area contributed by atoms with Crippen LogP contribution in [0.2, 0.25) is 0 Å². The van der Waals surface area contributed by atoms with Gasteiger partial charge in [0.2, 0.25) is 0 Å². The molecule has 3 N–H and O–H groups in total. The number of aromatic amines is 1. The number of rotatable bonds is 4. The van der Waals surface area contributed by atoms with E-state index < -0.39 is 0 Å². The minimum atomic E-state index is -0.349. The molecule has 0 aliphatic rings. The molecule has 2 aromatic rings. The zero-order valence-electron chi connectivity index (χ0n) is 9.54. The highest BCUT2D eigenvalue weighted by Gasteiger charge is 2.10. The molecule has 18 heavy (non-hydrogen) atoms. The maximum atomic E-state index is 11.7. The van der Waals surface area contributed by atoms with Gasteiger partial charge in [-0.3, -0.25) is 4.79 Å². The smallest absolute Gasteiger partial charge is 0.251 e. The molecular weight excluding hydrogens is 238 g/mol. The molecule has 0 saturated carbocycles. The van der Waals surface area contributed by atoms with E-state index in [0.29, 0.717) is 17.1 Å². The van der Waals surface area contributed by atoms with Crippen LogP contribution in [-0.4, -0.2) is 38.7 Å². The lowest BCUT2D eigenvalue weighted by atomic mass is 10.2. The monoisotopic (exact) mass is 249 g/mol. The Morgan fingerprint density at radius 1 is 1.56 bits per heavy atom. The first-order chi connectivity index (χ1) is 8.70. The summed E-state index contributed by atoms with van der Waals surface area (Å²) in [5.74, 6) is 0.244. The third kappa shape index (κ3) is 2.54. The summed E-state index contributed by atoms with van der Waals surface area (Å²) in [6, 6.07) is 4.38. The lowest BCUT2D eigenvalue weighted by molar-refractivity contribution is 0.0949. The van der Waals surface area contributed by atoms with Crippen molar-refractivity contribution in [2.45, 2.75) is 6.54 Å². The Bertz CT molecular complexity index is 540. The van der Waals surface area contributed by atoms with Crippen LogP contribution in [0, 0.1) is 0 Å². The lowest BCUT2D eigenvalue weighted by Crippen LogP contribution is -2.23. The minimum Gasteiger partial charge on any atom is -0.504 e. The van der Waals surface area contributed by atoms with Crippen molar-refractivity contribution in [3.63, 3.8) is 0 Å². The van der Waals surface area contributed by atoms with Crippen molar-refractivity contribution in [3.05, 3.63) is 29.6 Å². The Balaban J connectivity index is 2.02. The van der Waals surface area contributed by atoms with Crippen molar-refractivity contribution in [2.24, 2.45) is 0 Å². The summed E-state index contributed by atoms with van der Waals surface area (Å²) in [4.78, 5) is 11.7. The van der Waals surface area contributed by atoms with E-state index in [1.54, 1.807) is 6.07 Å². The van der Waals surface area contributed by atoms with Gasteiger partial charge >= 0.3 is 0 Å². The second kappa shape index (κ2) is 5.13. The maximum absolute atomic E-state index is 11.7. The van der Waals surface area contributed by atoms with Gasteiger partial charge in [-0.2, -0.15) is 5.21 Å². The summed E-state index contributed by atoms with van der Waals surface area (Å²) in [5, 5.41) is 25.2. The standard InChI is InChI=1S/C10H11N5O3/c1-18-8-3-2-6(4-7(8)16)10(17)11-5-9-12-14-15-13-9/h2-4,16H,5H2,1H3,(H,11,17)(H,12,13,14,15). The molecule has 0 saturated heterocycles. The summed E-state index contributed by atoms with van der Waals surface area (Å²) in [7, 11) is 1.44. The van der Waals surface area contributed by atoms with Crippen LogP contribution in [0.5, 0.6) is 11.5 Å². The third-order valence-electron chi connectivity index (χ3n) is 2.24. The number of hydrogen-bond donors (Lipinski definition) is 3. The van der Waals surface area contributed by atoms with Crippen LogP contribution in [-0.2, 0) is 6.54 Å². The van der Waals surface area contributed by atoms with Gasteiger partial charge in [0.05, 0.1) is 13.7 Å². The Morgan fingerprint density at radius 2 is 2.39 bits per heavy atom. The first-order valence-corrected chi connectivity index (χ1v) is 5.08. The van der Waals surface area contributed by atoms with Gasteiger partial charge in [0.15, 0.2) is 17.3 Å². The number of hydrogen-bond acceptors (Lipinski definition) is 6. The van der Waals surface area contributed by atoms with E-state index in [0.717, 1.165) is 0 Å². The van der Waals surface area contributed by atoms with Gasteiger partial charge in [0, 0.05) is 5.56 Å². The van der Waals surface area contributed by atoms with E-state index >= 15 is 0 Å². The van der Waals surface area contributed by atoms with Gasteiger partial charge in [0.1, 0.15) is 0 Å². The second-order valence-electron chi connectivity index (χ2n) is 3.40. The predicted octanol–water partition coefficient (Wildman–Crippen LogP) is -0.156. The molecule has 2 rings (SSSR count). The van der Waals surface area contributed by atoms with E-state index in [4.69, 9.17) is 4.74 Å². The number of carbonyl (C=O) groups is 1. The van der Waals surface area contributed by atoms with Crippen LogP contribution in [0.1, 0.15) is 16.2 Å². The third-order valence-corrected chi connectivity index (χ3v) is 2.24. The number of benzene rings is 1. The number of aromatic nitrogens is 4. The molecule has 0 spiro atoms. The summed E-state index contributed by atoms with van der Waals surface area (Å²) in [5.41, 5.74) is 0.316. The van der Waals surface area contributed by atoms with Crippen molar-refractivity contribution in [1.82, 2.24) is 25.9 Å². The van der Waals surface area contributed by atoms with Crippen LogP contribution < -0.4 is 10.1 Å². The molecule has 8 heteroatoms. The fraction of sp³-hybridized carbons (Fsp3) is 0.200. The first kappa shape index (κ1) is 11.8. The molecule has 0 bridgehead atoms. The molecule has 0 radical (unpaired) electrons. The second-order valence-corrected chi connectivity index (χ2v) is 3.40. The van der Waals surface area contributed by atoms with Crippen LogP contribution in [0.25, 0.3) is 0 Å². The number of aromatic hydroxyl groups is 1. The molecule has 0 fully saturated rings. The van der Waals surface area contributed by atoms with Crippen LogP contribution in [0.3, 0.4) is 0 Å². The summed E-state index contributed by atoms with van der Waals surface area (Å²) >= 11 is 0. The normalized spacial score (nSPS) is 10.1. The fourth-order valence-corrected chi connectivity index (χ4v) is 1.35. The highest BCUT2D eigenvalue weighted by Crippen LogP contribution is 2.26. The van der Waals surface area contributed by atoms with Gasteiger partial charge in [-0.15, -0.1) is 10.2 Å². The topological polar surface area (TPSA) is 113 Å². The Kier molecular flexibility index (Phi) is 3.37. The molecule has 0 aliphatic heterocycles. The molecule has 1 aromatic heterocycles. The molecule has 94 valence electrons. The van der Waals surface area contributed by atoms with Crippen molar-refractivity contribution >= 4 is 5.91 Å². The lowest BCUT2D eigenvalue weighted by Gasteiger charge is -2.06. The van der Waals surface area contributed by atoms with E-state index in [2.05, 4.69) is 25.9 Å². The predicted molar refractivity (Wildman–Crippen MR) is 60.0 cm³/mol. The van der Waals surface area contributed by atoms with Crippen molar-refractivity contribution in [1.29, 1.82) is 0 Å². The number of amides is 1. The van der Waals surface area contributed by atoms with Crippen LogP contribution in [0.15, 0.2) is 18.2 Å². The SMILES string of the molecule is COc1ccc(C(=O)NCc2nn[nH]n2)cc1O. The molecule has 1 aromatic carbocycles. The summed E-state index contributed by atoms with van der Waals surface area (Å²) in [6.07, 6.45) is 0. The van der Waals surface area contributed by atoms with E-state index in [-0.39, 0.29) is 18.2 Å². The average Bonchev–Trinajstić information content (AvgIpc) is 2.89. The van der Waals surface area contributed by atoms with Gasteiger partial charge in [-0.25, -0.2) is 0 Å². The van der Waals surface area contributed by atoms with Gasteiger partial charge in [-0.1, -0.05) is 5.21 Å². The van der Waals surface area contributed by atoms with Crippen molar-refractivity contribution in [3.8, 4) is 11.5 Å². The van der Waals surface area contributed by atoms with Gasteiger partial charge < -0.3 is 15.2 Å². The largest absolute Gasteiger partial charge is 0.504 e. The fourth-order valence-electron chi connectivity index (χ4n) is 1.35. The molecular formula is C10H11N5O3. The molecule has 0 atom stereocenters. The van der Waals surface area contributed by atoms with Crippen LogP contribution in [0.4, 0.5) is 0 Å². The number of nitrogens with zero attached hydrogens (tertiary/aromatic N) is 3. The first-order valence-electron chi connectivity index (χ1n) is 5.08.